The molecule has 0 saturated carbocycles. The molecule has 0 atom stereocenters. The van der Waals surface area contributed by atoms with Crippen molar-refractivity contribution in [2.24, 2.45) is 7.05 Å². The van der Waals surface area contributed by atoms with Crippen molar-refractivity contribution >= 4 is 34.1 Å². The van der Waals surface area contributed by atoms with Gasteiger partial charge in [-0.15, -0.1) is 0 Å². The molecule has 0 saturated heterocycles. The van der Waals surface area contributed by atoms with Crippen LogP contribution in [0.1, 0.15) is 16.1 Å². The fourth-order valence-electron chi connectivity index (χ4n) is 3.32. The molecule has 31 heavy (non-hydrogen) atoms. The number of aromatic nitrogens is 3. The van der Waals surface area contributed by atoms with Crippen molar-refractivity contribution < 1.29 is 18.3 Å². The summed E-state index contributed by atoms with van der Waals surface area (Å²) in [6, 6.07) is 13.1. The zero-order chi connectivity index (χ0) is 22.1. The largest absolute Gasteiger partial charge is 0.433 e. The molecular weight excluding hydrogens is 426 g/mol. The lowest BCUT2D eigenvalue weighted by molar-refractivity contribution is -0.0497. The van der Waals surface area contributed by atoms with Gasteiger partial charge in [-0.3, -0.25) is 9.48 Å². The summed E-state index contributed by atoms with van der Waals surface area (Å²) in [5.41, 5.74) is 3.64. The smallest absolute Gasteiger partial charge is 0.387 e. The molecule has 1 N–H and O–H groups in total. The Kier molecular flexibility index (Phi) is 5.56. The van der Waals surface area contributed by atoms with Gasteiger partial charge < -0.3 is 10.1 Å². The average molecular weight is 443 g/mol. The van der Waals surface area contributed by atoms with Crippen LogP contribution >= 0.6 is 11.6 Å². The maximum absolute atomic E-state index is 13.1. The molecule has 0 aliphatic rings. The fourth-order valence-corrected chi connectivity index (χ4v) is 3.55. The molecule has 2 aromatic heterocycles. The zero-order valence-corrected chi connectivity index (χ0v) is 17.3. The lowest BCUT2D eigenvalue weighted by Crippen LogP contribution is -2.13. The number of anilines is 1. The molecule has 0 spiro atoms. The van der Waals surface area contributed by atoms with Gasteiger partial charge in [0, 0.05) is 29.9 Å². The predicted molar refractivity (Wildman–Crippen MR) is 115 cm³/mol. The van der Waals surface area contributed by atoms with Gasteiger partial charge >= 0.3 is 6.61 Å². The van der Waals surface area contributed by atoms with Crippen LogP contribution in [0.25, 0.3) is 22.2 Å². The highest BCUT2D eigenvalue weighted by molar-refractivity contribution is 6.32. The molecule has 2 aromatic carbocycles. The molecule has 0 bridgehead atoms. The summed E-state index contributed by atoms with van der Waals surface area (Å²) in [6.07, 6.45) is 1.84. The van der Waals surface area contributed by atoms with E-state index >= 15 is 0 Å². The molecular formula is C22H17ClF2N4O2. The van der Waals surface area contributed by atoms with Gasteiger partial charge in [-0.25, -0.2) is 4.98 Å². The number of para-hydroxylation sites is 1. The first-order valence-electron chi connectivity index (χ1n) is 9.28. The van der Waals surface area contributed by atoms with Crippen LogP contribution in [0.4, 0.5) is 14.5 Å². The molecule has 4 rings (SSSR count). The number of rotatable bonds is 5. The molecule has 0 aliphatic heterocycles. The van der Waals surface area contributed by atoms with Crippen LogP contribution in [0.2, 0.25) is 5.02 Å². The van der Waals surface area contributed by atoms with Gasteiger partial charge in [0.2, 0.25) is 0 Å². The Hall–Kier alpha value is -3.52. The molecule has 9 heteroatoms. The zero-order valence-electron chi connectivity index (χ0n) is 16.6. The van der Waals surface area contributed by atoms with E-state index in [0.717, 1.165) is 11.3 Å². The number of benzene rings is 2. The highest BCUT2D eigenvalue weighted by atomic mass is 35.5. The number of alkyl halides is 2. The van der Waals surface area contributed by atoms with Crippen molar-refractivity contribution in [1.29, 1.82) is 0 Å². The van der Waals surface area contributed by atoms with E-state index in [1.807, 2.05) is 44.4 Å². The van der Waals surface area contributed by atoms with Crippen molar-refractivity contribution in [2.45, 2.75) is 13.5 Å². The first-order valence-corrected chi connectivity index (χ1v) is 9.65. The van der Waals surface area contributed by atoms with E-state index in [0.29, 0.717) is 27.8 Å². The van der Waals surface area contributed by atoms with E-state index in [4.69, 9.17) is 11.6 Å². The van der Waals surface area contributed by atoms with Crippen LogP contribution in [-0.2, 0) is 7.05 Å². The topological polar surface area (TPSA) is 69.0 Å². The van der Waals surface area contributed by atoms with Crippen molar-refractivity contribution in [1.82, 2.24) is 14.8 Å². The Morgan fingerprint density at radius 2 is 1.97 bits per heavy atom. The van der Waals surface area contributed by atoms with E-state index in [9.17, 15) is 13.6 Å². The number of nitrogens with one attached hydrogen (secondary N) is 1. The quantitative estimate of drug-likeness (QED) is 0.446. The second kappa shape index (κ2) is 8.31. The predicted octanol–water partition coefficient (Wildman–Crippen LogP) is 5.45. The Balaban J connectivity index is 1.72. The first-order chi connectivity index (χ1) is 14.8. The van der Waals surface area contributed by atoms with E-state index in [1.165, 1.54) is 18.2 Å². The Bertz CT molecular complexity index is 1290. The van der Waals surface area contributed by atoms with Gasteiger partial charge in [0.1, 0.15) is 5.75 Å². The van der Waals surface area contributed by atoms with Crippen molar-refractivity contribution in [3.8, 4) is 17.0 Å². The van der Waals surface area contributed by atoms with Gasteiger partial charge in [0.25, 0.3) is 5.91 Å². The maximum Gasteiger partial charge on any atom is 0.387 e. The van der Waals surface area contributed by atoms with Crippen molar-refractivity contribution in [2.75, 3.05) is 5.32 Å². The molecule has 1 amide bonds. The van der Waals surface area contributed by atoms with Crippen molar-refractivity contribution in [3.63, 3.8) is 0 Å². The van der Waals surface area contributed by atoms with Crippen LogP contribution in [-0.4, -0.2) is 27.3 Å². The summed E-state index contributed by atoms with van der Waals surface area (Å²) >= 11 is 5.99. The maximum atomic E-state index is 13.1. The first kappa shape index (κ1) is 20.7. The number of ether oxygens (including phenoxy) is 1. The summed E-state index contributed by atoms with van der Waals surface area (Å²) in [5.74, 6) is -0.557. The monoisotopic (exact) mass is 442 g/mol. The van der Waals surface area contributed by atoms with E-state index in [2.05, 4.69) is 20.1 Å². The molecule has 2 heterocycles. The summed E-state index contributed by atoms with van der Waals surface area (Å²) in [4.78, 5) is 17.8. The highest BCUT2D eigenvalue weighted by Crippen LogP contribution is 2.30. The number of carbonyl (C=O) groups excluding carboxylic acids is 1. The molecule has 0 fully saturated rings. The van der Waals surface area contributed by atoms with Gasteiger partial charge in [-0.1, -0.05) is 29.8 Å². The van der Waals surface area contributed by atoms with Crippen molar-refractivity contribution in [3.05, 3.63) is 71.0 Å². The SMILES string of the molecule is Cc1nn(C)cc1-c1cc(C(=O)Nc2ccc(OC(F)F)c(Cl)c2)c2ccccc2n1. The number of nitrogens with zero attached hydrogens (tertiary/aromatic N) is 3. The number of hydrogen-bond acceptors (Lipinski definition) is 4. The van der Waals surface area contributed by atoms with E-state index < -0.39 is 6.61 Å². The lowest BCUT2D eigenvalue weighted by atomic mass is 10.0. The van der Waals surface area contributed by atoms with Crippen LogP contribution < -0.4 is 10.1 Å². The summed E-state index contributed by atoms with van der Waals surface area (Å²) < 4.78 is 30.9. The second-order valence-corrected chi connectivity index (χ2v) is 7.26. The number of pyridine rings is 1. The number of halogens is 3. The second-order valence-electron chi connectivity index (χ2n) is 6.85. The molecule has 0 unspecified atom stereocenters. The fraction of sp³-hybridized carbons (Fsp3) is 0.136. The average Bonchev–Trinajstić information content (AvgIpc) is 3.07. The minimum absolute atomic E-state index is 0.0376. The van der Waals surface area contributed by atoms with Gasteiger partial charge in [0.05, 0.1) is 27.5 Å². The number of fused-ring (bicyclic) bond motifs is 1. The van der Waals surface area contributed by atoms with Gasteiger partial charge in [0.15, 0.2) is 0 Å². The number of carbonyl (C=O) groups is 1. The molecule has 4 aromatic rings. The summed E-state index contributed by atoms with van der Waals surface area (Å²) in [6.45, 7) is -1.12. The number of hydrogen-bond donors (Lipinski definition) is 1. The minimum Gasteiger partial charge on any atom is -0.433 e. The normalized spacial score (nSPS) is 11.2. The standard InChI is InChI=1S/C22H17ClF2N4O2/c1-12-16(11-29(2)28-12)19-10-15(14-5-3-4-6-18(14)27-19)21(30)26-13-7-8-20(17(23)9-13)31-22(24)25/h3-11,22H,1-2H3,(H,26,30). The molecule has 158 valence electrons. The summed E-state index contributed by atoms with van der Waals surface area (Å²) in [5, 5.41) is 7.74. The Morgan fingerprint density at radius 3 is 2.65 bits per heavy atom. The third-order valence-corrected chi connectivity index (χ3v) is 4.95. The van der Waals surface area contributed by atoms with Gasteiger partial charge in [-0.05, 0) is 37.3 Å². The van der Waals surface area contributed by atoms with Gasteiger partial charge in [-0.2, -0.15) is 13.9 Å². The lowest BCUT2D eigenvalue weighted by Gasteiger charge is -2.12. The van der Waals surface area contributed by atoms with Crippen LogP contribution in [0.3, 0.4) is 0 Å². The Labute approximate surface area is 181 Å². The molecule has 6 nitrogen and oxygen atoms in total. The number of amides is 1. The van der Waals surface area contributed by atoms with E-state index in [-0.39, 0.29) is 16.7 Å². The van der Waals surface area contributed by atoms with Crippen LogP contribution in [0.15, 0.2) is 54.7 Å². The van der Waals surface area contributed by atoms with Crippen LogP contribution in [0, 0.1) is 6.92 Å². The third kappa shape index (κ3) is 4.34. The highest BCUT2D eigenvalue weighted by Gasteiger charge is 2.17. The summed E-state index contributed by atoms with van der Waals surface area (Å²) in [7, 11) is 1.82. The minimum atomic E-state index is -2.99. The molecule has 0 aliphatic carbocycles. The van der Waals surface area contributed by atoms with E-state index in [1.54, 1.807) is 10.7 Å². The third-order valence-electron chi connectivity index (χ3n) is 4.66. The molecule has 0 radical (unpaired) electrons. The Morgan fingerprint density at radius 1 is 1.19 bits per heavy atom. The van der Waals surface area contributed by atoms with Crippen LogP contribution in [0.5, 0.6) is 5.75 Å². The number of aryl methyl sites for hydroxylation is 2.